The highest BCUT2D eigenvalue weighted by Gasteiger charge is 2.21. The van der Waals surface area contributed by atoms with Crippen molar-refractivity contribution < 1.29 is 14.6 Å². The molecule has 1 aromatic heterocycles. The van der Waals surface area contributed by atoms with Crippen LogP contribution in [0.4, 0.5) is 5.82 Å². The molecule has 2 heterocycles. The van der Waals surface area contributed by atoms with E-state index in [1.165, 1.54) is 0 Å². The van der Waals surface area contributed by atoms with Crippen molar-refractivity contribution in [3.63, 3.8) is 0 Å². The van der Waals surface area contributed by atoms with E-state index in [9.17, 15) is 5.11 Å². The number of benzene rings is 1. The van der Waals surface area contributed by atoms with E-state index in [0.717, 1.165) is 60.8 Å². The smallest absolute Gasteiger partial charge is 0.128 e. The number of aromatic nitrogens is 1. The Morgan fingerprint density at radius 1 is 1.23 bits per heavy atom. The van der Waals surface area contributed by atoms with Gasteiger partial charge in [-0.1, -0.05) is 6.07 Å². The van der Waals surface area contributed by atoms with Gasteiger partial charge in [-0.15, -0.1) is 0 Å². The summed E-state index contributed by atoms with van der Waals surface area (Å²) in [5, 5.41) is 9.45. The van der Waals surface area contributed by atoms with Crippen molar-refractivity contribution >= 4 is 5.82 Å². The van der Waals surface area contributed by atoms with E-state index in [1.807, 2.05) is 24.3 Å². The van der Waals surface area contributed by atoms with Crippen LogP contribution in [0, 0.1) is 5.92 Å². The van der Waals surface area contributed by atoms with Crippen molar-refractivity contribution in [3.8, 4) is 22.8 Å². The molecule has 1 saturated heterocycles. The van der Waals surface area contributed by atoms with E-state index in [1.54, 1.807) is 20.3 Å². The lowest BCUT2D eigenvalue weighted by atomic mass is 9.98. The molecule has 3 rings (SSSR count). The van der Waals surface area contributed by atoms with Gasteiger partial charge in [0, 0.05) is 30.8 Å². The van der Waals surface area contributed by atoms with Gasteiger partial charge in [0.05, 0.1) is 19.9 Å². The lowest BCUT2D eigenvalue weighted by molar-refractivity contribution is 0.115. The molecule has 1 atom stereocenters. The van der Waals surface area contributed by atoms with Gasteiger partial charge in [-0.25, -0.2) is 4.98 Å². The topological polar surface area (TPSA) is 80.8 Å². The van der Waals surface area contributed by atoms with Crippen LogP contribution in [0.2, 0.25) is 0 Å². The van der Waals surface area contributed by atoms with Crippen molar-refractivity contribution in [2.75, 3.05) is 39.6 Å². The van der Waals surface area contributed by atoms with Gasteiger partial charge in [-0.05, 0) is 49.6 Å². The molecule has 0 radical (unpaired) electrons. The minimum absolute atomic E-state index is 0.247. The van der Waals surface area contributed by atoms with Crippen LogP contribution in [0.5, 0.6) is 11.5 Å². The number of aliphatic hydroxyl groups is 1. The third-order valence-electron chi connectivity index (χ3n) is 4.90. The second kappa shape index (κ2) is 8.38. The number of likely N-dealkylation sites (tertiary alicyclic amines) is 1. The zero-order valence-corrected chi connectivity index (χ0v) is 15.4. The maximum atomic E-state index is 9.45. The third-order valence-corrected chi connectivity index (χ3v) is 4.90. The Hall–Kier alpha value is -2.31. The summed E-state index contributed by atoms with van der Waals surface area (Å²) in [7, 11) is 3.33. The SMILES string of the molecule is COc1cc(-c2cccc(N)n2)c(OC)cc1CN1CCCC(CO)C1. The first-order valence-corrected chi connectivity index (χ1v) is 8.95. The van der Waals surface area contributed by atoms with Gasteiger partial charge in [0.25, 0.3) is 0 Å². The van der Waals surface area contributed by atoms with E-state index in [0.29, 0.717) is 11.7 Å². The zero-order chi connectivity index (χ0) is 18.5. The van der Waals surface area contributed by atoms with Crippen molar-refractivity contribution in [1.82, 2.24) is 9.88 Å². The number of anilines is 1. The Kier molecular flexibility index (Phi) is 5.96. The molecule has 1 aliphatic heterocycles. The molecule has 140 valence electrons. The Morgan fingerprint density at radius 3 is 2.73 bits per heavy atom. The van der Waals surface area contributed by atoms with Crippen molar-refractivity contribution in [1.29, 1.82) is 0 Å². The Morgan fingerprint density at radius 2 is 2.04 bits per heavy atom. The summed E-state index contributed by atoms with van der Waals surface area (Å²) in [4.78, 5) is 6.76. The first-order chi connectivity index (χ1) is 12.6. The number of nitrogen functional groups attached to an aromatic ring is 1. The fourth-order valence-electron chi connectivity index (χ4n) is 3.57. The quantitative estimate of drug-likeness (QED) is 0.827. The van der Waals surface area contributed by atoms with Crippen LogP contribution >= 0.6 is 0 Å². The number of piperidine rings is 1. The normalized spacial score (nSPS) is 17.9. The van der Waals surface area contributed by atoms with Gasteiger partial charge in [-0.2, -0.15) is 0 Å². The van der Waals surface area contributed by atoms with Gasteiger partial charge in [0.15, 0.2) is 0 Å². The number of hydrogen-bond acceptors (Lipinski definition) is 6. The summed E-state index contributed by atoms with van der Waals surface area (Å²) in [5.74, 6) is 2.37. The second-order valence-corrected chi connectivity index (χ2v) is 6.74. The molecule has 0 spiro atoms. The summed E-state index contributed by atoms with van der Waals surface area (Å²) < 4.78 is 11.3. The second-order valence-electron chi connectivity index (χ2n) is 6.74. The lowest BCUT2D eigenvalue weighted by Crippen LogP contribution is -2.36. The van der Waals surface area contributed by atoms with Crippen LogP contribution in [0.3, 0.4) is 0 Å². The van der Waals surface area contributed by atoms with E-state index >= 15 is 0 Å². The highest BCUT2D eigenvalue weighted by molar-refractivity contribution is 5.71. The number of nitrogens with two attached hydrogens (primary N) is 1. The van der Waals surface area contributed by atoms with Crippen LogP contribution in [0.1, 0.15) is 18.4 Å². The van der Waals surface area contributed by atoms with E-state index in [-0.39, 0.29) is 6.61 Å². The number of aliphatic hydroxyl groups excluding tert-OH is 1. The van der Waals surface area contributed by atoms with Crippen molar-refractivity contribution in [2.45, 2.75) is 19.4 Å². The maximum absolute atomic E-state index is 9.45. The summed E-state index contributed by atoms with van der Waals surface area (Å²) >= 11 is 0. The minimum Gasteiger partial charge on any atom is -0.496 e. The molecule has 3 N–H and O–H groups in total. The van der Waals surface area contributed by atoms with Crippen LogP contribution in [-0.2, 0) is 6.54 Å². The number of rotatable bonds is 6. The predicted octanol–water partition coefficient (Wildman–Crippen LogP) is 2.55. The molecule has 6 heteroatoms. The third kappa shape index (κ3) is 4.08. The molecule has 26 heavy (non-hydrogen) atoms. The molecule has 1 aromatic carbocycles. The maximum Gasteiger partial charge on any atom is 0.128 e. The molecule has 0 bridgehead atoms. The highest BCUT2D eigenvalue weighted by atomic mass is 16.5. The van der Waals surface area contributed by atoms with Gasteiger partial charge in [-0.3, -0.25) is 4.90 Å². The average molecular weight is 357 g/mol. The minimum atomic E-state index is 0.247. The molecule has 1 unspecified atom stereocenters. The molecule has 0 aliphatic carbocycles. The Labute approximate surface area is 154 Å². The van der Waals surface area contributed by atoms with E-state index in [2.05, 4.69) is 9.88 Å². The lowest BCUT2D eigenvalue weighted by Gasteiger charge is -2.32. The van der Waals surface area contributed by atoms with E-state index < -0.39 is 0 Å². The summed E-state index contributed by atoms with van der Waals surface area (Å²) in [6.07, 6.45) is 2.20. The Balaban J connectivity index is 1.91. The number of methoxy groups -OCH3 is 2. The van der Waals surface area contributed by atoms with E-state index in [4.69, 9.17) is 15.2 Å². The fourth-order valence-corrected chi connectivity index (χ4v) is 3.57. The fraction of sp³-hybridized carbons (Fsp3) is 0.450. The van der Waals surface area contributed by atoms with Crippen LogP contribution in [0.15, 0.2) is 30.3 Å². The van der Waals surface area contributed by atoms with Crippen LogP contribution in [0.25, 0.3) is 11.3 Å². The largest absolute Gasteiger partial charge is 0.496 e. The molecule has 6 nitrogen and oxygen atoms in total. The summed E-state index contributed by atoms with van der Waals surface area (Å²) in [5.41, 5.74) is 8.50. The van der Waals surface area contributed by atoms with Crippen molar-refractivity contribution in [3.05, 3.63) is 35.9 Å². The van der Waals surface area contributed by atoms with Crippen LogP contribution in [-0.4, -0.2) is 48.9 Å². The first kappa shape index (κ1) is 18.5. The summed E-state index contributed by atoms with van der Waals surface area (Å²) in [6, 6.07) is 9.52. The molecule has 1 aliphatic rings. The van der Waals surface area contributed by atoms with Crippen molar-refractivity contribution in [2.24, 2.45) is 5.92 Å². The first-order valence-electron chi connectivity index (χ1n) is 8.95. The highest BCUT2D eigenvalue weighted by Crippen LogP contribution is 2.36. The number of pyridine rings is 1. The molecule has 2 aromatic rings. The molecule has 0 amide bonds. The molecule has 0 saturated carbocycles. The average Bonchev–Trinajstić information content (AvgIpc) is 2.67. The zero-order valence-electron chi connectivity index (χ0n) is 15.4. The predicted molar refractivity (Wildman–Crippen MR) is 102 cm³/mol. The Bertz CT molecular complexity index is 751. The molecule has 1 fully saturated rings. The molecular formula is C20H27N3O3. The van der Waals surface area contributed by atoms with Crippen LogP contribution < -0.4 is 15.2 Å². The van der Waals surface area contributed by atoms with Gasteiger partial charge < -0.3 is 20.3 Å². The number of hydrogen-bond donors (Lipinski definition) is 2. The van der Waals surface area contributed by atoms with Gasteiger partial charge in [0.1, 0.15) is 17.3 Å². The summed E-state index contributed by atoms with van der Waals surface area (Å²) in [6.45, 7) is 2.94. The number of ether oxygens (including phenoxy) is 2. The van der Waals surface area contributed by atoms with Gasteiger partial charge >= 0.3 is 0 Å². The van der Waals surface area contributed by atoms with Gasteiger partial charge in [0.2, 0.25) is 0 Å². The number of nitrogens with zero attached hydrogens (tertiary/aromatic N) is 2. The standard InChI is InChI=1S/C20H27N3O3/c1-25-18-10-16(17-6-3-7-20(21)22-17)19(26-2)9-15(18)12-23-8-4-5-14(11-23)13-24/h3,6-7,9-10,14,24H,4-5,8,11-13H2,1-2H3,(H2,21,22). The monoisotopic (exact) mass is 357 g/mol. The molecular weight excluding hydrogens is 330 g/mol.